The maximum absolute atomic E-state index is 11.2. The van der Waals surface area contributed by atoms with Gasteiger partial charge in [0.1, 0.15) is 25.3 Å². The Morgan fingerprint density at radius 3 is 1.38 bits per heavy atom. The van der Waals surface area contributed by atoms with Crippen molar-refractivity contribution in [3.8, 4) is 0 Å². The quantitative estimate of drug-likeness (QED) is 0.529. The van der Waals surface area contributed by atoms with Gasteiger partial charge in [0.2, 0.25) is 0 Å². The third-order valence-electron chi connectivity index (χ3n) is 3.60. The second-order valence-corrected chi connectivity index (χ2v) is 5.69. The first-order valence-electron chi connectivity index (χ1n) is 8.33. The second kappa shape index (κ2) is 10.1. The molecule has 2 aromatic rings. The predicted octanol–water partition coefficient (Wildman–Crippen LogP) is 4.05. The lowest BCUT2D eigenvalue weighted by Gasteiger charge is -2.15. The number of benzene rings is 2. The average molecular weight is 354 g/mol. The van der Waals surface area contributed by atoms with Gasteiger partial charge in [0, 0.05) is 13.8 Å². The van der Waals surface area contributed by atoms with Gasteiger partial charge >= 0.3 is 11.9 Å². The third kappa shape index (κ3) is 6.47. The number of carbonyl (C=O) groups excluding carboxylic acids is 2. The summed E-state index contributed by atoms with van der Waals surface area (Å²) in [6.07, 6.45) is 0. The normalized spacial score (nSPS) is 13.2. The maximum Gasteiger partial charge on any atom is 0.302 e. The molecule has 2 atom stereocenters. The Balaban J connectivity index is 2.21. The van der Waals surface area contributed by atoms with Crippen molar-refractivity contribution in [3.63, 3.8) is 0 Å². The molecule has 0 fully saturated rings. The molecular weight excluding hydrogens is 332 g/mol. The zero-order valence-electron chi connectivity index (χ0n) is 14.9. The number of ether oxygens (including phenoxy) is 2. The number of hydrogen-bond donors (Lipinski definition) is 0. The van der Waals surface area contributed by atoms with Crippen LogP contribution in [0.5, 0.6) is 0 Å². The van der Waals surface area contributed by atoms with Crippen LogP contribution < -0.4 is 0 Å². The van der Waals surface area contributed by atoms with E-state index in [1.165, 1.54) is 13.8 Å². The van der Waals surface area contributed by atoms with Crippen molar-refractivity contribution in [2.45, 2.75) is 25.9 Å². The second-order valence-electron chi connectivity index (χ2n) is 5.69. The minimum Gasteiger partial charge on any atom is -0.463 e. The van der Waals surface area contributed by atoms with Gasteiger partial charge in [0.25, 0.3) is 0 Å². The monoisotopic (exact) mass is 354 g/mol. The van der Waals surface area contributed by atoms with Crippen LogP contribution >= 0.6 is 0 Å². The molecule has 0 aliphatic carbocycles. The van der Waals surface area contributed by atoms with E-state index >= 15 is 0 Å². The summed E-state index contributed by atoms with van der Waals surface area (Å²) in [5.41, 5.74) is 1.77. The fourth-order valence-corrected chi connectivity index (χ4v) is 2.30. The Hall–Kier alpha value is -3.02. The van der Waals surface area contributed by atoms with Crippen LogP contribution in [0.3, 0.4) is 0 Å². The fraction of sp³-hybridized carbons (Fsp3) is 0.300. The molecule has 0 saturated heterocycles. The molecule has 0 aliphatic rings. The molecule has 2 rings (SSSR count). The van der Waals surface area contributed by atoms with Crippen molar-refractivity contribution < 1.29 is 19.1 Å². The highest BCUT2D eigenvalue weighted by molar-refractivity contribution is 5.66. The molecule has 0 saturated carbocycles. The van der Waals surface area contributed by atoms with Gasteiger partial charge < -0.3 is 9.47 Å². The van der Waals surface area contributed by atoms with Gasteiger partial charge in [-0.25, -0.2) is 0 Å². The number of azo groups is 1. The van der Waals surface area contributed by atoms with Gasteiger partial charge in [0.05, 0.1) is 0 Å². The highest BCUT2D eigenvalue weighted by Gasteiger charge is 2.16. The molecule has 0 aromatic heterocycles. The molecule has 6 heteroatoms. The zero-order chi connectivity index (χ0) is 18.8. The van der Waals surface area contributed by atoms with Crippen LogP contribution in [0.2, 0.25) is 0 Å². The van der Waals surface area contributed by atoms with Crippen molar-refractivity contribution in [2.24, 2.45) is 10.2 Å². The fourth-order valence-electron chi connectivity index (χ4n) is 2.30. The van der Waals surface area contributed by atoms with E-state index in [0.29, 0.717) is 0 Å². The van der Waals surface area contributed by atoms with Crippen molar-refractivity contribution in [1.29, 1.82) is 0 Å². The zero-order valence-corrected chi connectivity index (χ0v) is 14.9. The number of nitrogens with zero attached hydrogens (tertiary/aromatic N) is 2. The Morgan fingerprint density at radius 1 is 0.731 bits per heavy atom. The first kappa shape index (κ1) is 19.3. The molecule has 26 heavy (non-hydrogen) atoms. The lowest BCUT2D eigenvalue weighted by atomic mass is 10.1. The Bertz CT molecular complexity index is 668. The van der Waals surface area contributed by atoms with Gasteiger partial charge in [-0.15, -0.1) is 0 Å². The highest BCUT2D eigenvalue weighted by atomic mass is 16.5. The van der Waals surface area contributed by atoms with Crippen LogP contribution in [0.4, 0.5) is 0 Å². The predicted molar refractivity (Wildman–Crippen MR) is 96.5 cm³/mol. The SMILES string of the molecule is CC(=O)OCC(N=NC(COC(C)=O)c1ccccc1)c1ccccc1. The summed E-state index contributed by atoms with van der Waals surface area (Å²) in [6, 6.07) is 18.1. The molecular formula is C20H22N2O4. The summed E-state index contributed by atoms with van der Waals surface area (Å²) < 4.78 is 10.2. The van der Waals surface area contributed by atoms with E-state index in [0.717, 1.165) is 11.1 Å². The van der Waals surface area contributed by atoms with Crippen LogP contribution in [0.15, 0.2) is 70.9 Å². The molecule has 0 amide bonds. The molecule has 2 aromatic carbocycles. The maximum atomic E-state index is 11.2. The molecule has 136 valence electrons. The van der Waals surface area contributed by atoms with E-state index < -0.39 is 12.1 Å². The van der Waals surface area contributed by atoms with E-state index in [1.807, 2.05) is 60.7 Å². The molecule has 0 N–H and O–H groups in total. The van der Waals surface area contributed by atoms with Crippen molar-refractivity contribution in [2.75, 3.05) is 13.2 Å². The van der Waals surface area contributed by atoms with E-state index in [4.69, 9.17) is 9.47 Å². The summed E-state index contributed by atoms with van der Waals surface area (Å²) in [6.45, 7) is 2.90. The van der Waals surface area contributed by atoms with Crippen LogP contribution in [-0.2, 0) is 19.1 Å². The third-order valence-corrected chi connectivity index (χ3v) is 3.60. The van der Waals surface area contributed by atoms with Gasteiger partial charge in [-0.1, -0.05) is 60.7 Å². The minimum atomic E-state index is -0.427. The van der Waals surface area contributed by atoms with E-state index in [2.05, 4.69) is 10.2 Å². The van der Waals surface area contributed by atoms with E-state index in [-0.39, 0.29) is 25.2 Å². The lowest BCUT2D eigenvalue weighted by Crippen LogP contribution is -2.11. The number of rotatable bonds is 8. The Morgan fingerprint density at radius 2 is 1.08 bits per heavy atom. The number of esters is 2. The number of carbonyl (C=O) groups is 2. The van der Waals surface area contributed by atoms with Crippen molar-refractivity contribution in [1.82, 2.24) is 0 Å². The topological polar surface area (TPSA) is 77.3 Å². The molecule has 0 heterocycles. The standard InChI is InChI=1S/C20H22N2O4/c1-15(23)25-13-19(17-9-5-3-6-10-17)21-22-20(14-26-16(2)24)18-11-7-4-8-12-18/h3-12,19-20H,13-14H2,1-2H3. The molecule has 2 unspecified atom stereocenters. The summed E-state index contributed by atoms with van der Waals surface area (Å²) in [5, 5.41) is 8.75. The van der Waals surface area contributed by atoms with Crippen molar-refractivity contribution in [3.05, 3.63) is 71.8 Å². The van der Waals surface area contributed by atoms with E-state index in [1.54, 1.807) is 0 Å². The van der Waals surface area contributed by atoms with Gasteiger partial charge in [0.15, 0.2) is 0 Å². The minimum absolute atomic E-state index is 0.0952. The summed E-state index contributed by atoms with van der Waals surface area (Å²) in [7, 11) is 0. The Kier molecular flexibility index (Phi) is 7.49. The molecule has 0 radical (unpaired) electrons. The molecule has 6 nitrogen and oxygen atoms in total. The number of hydrogen-bond acceptors (Lipinski definition) is 6. The smallest absolute Gasteiger partial charge is 0.302 e. The molecule has 0 spiro atoms. The largest absolute Gasteiger partial charge is 0.463 e. The Labute approximate surface area is 152 Å². The van der Waals surface area contributed by atoms with Crippen LogP contribution in [0.25, 0.3) is 0 Å². The van der Waals surface area contributed by atoms with Gasteiger partial charge in [-0.2, -0.15) is 10.2 Å². The van der Waals surface area contributed by atoms with E-state index in [9.17, 15) is 9.59 Å². The first-order chi connectivity index (χ1) is 12.6. The van der Waals surface area contributed by atoms with Crippen LogP contribution in [0, 0.1) is 0 Å². The van der Waals surface area contributed by atoms with Crippen molar-refractivity contribution >= 4 is 11.9 Å². The van der Waals surface area contributed by atoms with Crippen LogP contribution in [0.1, 0.15) is 37.1 Å². The summed E-state index contributed by atoms with van der Waals surface area (Å²) in [5.74, 6) is -0.749. The highest BCUT2D eigenvalue weighted by Crippen LogP contribution is 2.23. The average Bonchev–Trinajstić information content (AvgIpc) is 2.65. The molecule has 0 aliphatic heterocycles. The molecule has 0 bridgehead atoms. The summed E-state index contributed by atoms with van der Waals surface area (Å²) in [4.78, 5) is 22.3. The lowest BCUT2D eigenvalue weighted by molar-refractivity contribution is -0.142. The van der Waals surface area contributed by atoms with Crippen LogP contribution in [-0.4, -0.2) is 25.2 Å². The summed E-state index contributed by atoms with van der Waals surface area (Å²) >= 11 is 0. The van der Waals surface area contributed by atoms with Gasteiger partial charge in [-0.05, 0) is 11.1 Å². The van der Waals surface area contributed by atoms with Gasteiger partial charge in [-0.3, -0.25) is 9.59 Å². The first-order valence-corrected chi connectivity index (χ1v) is 8.33.